The van der Waals surface area contributed by atoms with E-state index in [2.05, 4.69) is 10.3 Å². The van der Waals surface area contributed by atoms with Crippen molar-refractivity contribution in [1.29, 1.82) is 0 Å². The Kier molecular flexibility index (Phi) is 6.53. The van der Waals surface area contributed by atoms with Crippen molar-refractivity contribution >= 4 is 61.1 Å². The summed E-state index contributed by atoms with van der Waals surface area (Å²) < 4.78 is 6.04. The Bertz CT molecular complexity index is 1440. The summed E-state index contributed by atoms with van der Waals surface area (Å²) >= 11 is 2.34. The van der Waals surface area contributed by atoms with Gasteiger partial charge in [-0.3, -0.25) is 25.0 Å². The highest BCUT2D eigenvalue weighted by molar-refractivity contribution is 7.23. The first-order valence-corrected chi connectivity index (χ1v) is 11.7. The molecule has 1 amide bonds. The van der Waals surface area contributed by atoms with Gasteiger partial charge in [-0.1, -0.05) is 12.1 Å². The second kappa shape index (κ2) is 9.56. The van der Waals surface area contributed by atoms with Gasteiger partial charge in [-0.25, -0.2) is 9.78 Å². The standard InChI is InChI=1S/C22H16N4O7S2/c1-3-33-22(28)18-11(2)17(20-23-15-6-4-5-7-16(15)34-20)21(35-18)24-19(27)12-8-13(25(29)30)10-14(9-12)26(31)32/h4-10H,3H2,1-2H3,(H,24,27). The summed E-state index contributed by atoms with van der Waals surface area (Å²) in [6, 6.07) is 10.1. The Morgan fingerprint density at radius 1 is 1.06 bits per heavy atom. The molecule has 178 valence electrons. The first-order valence-electron chi connectivity index (χ1n) is 10.1. The highest BCUT2D eigenvalue weighted by Crippen LogP contribution is 2.44. The third kappa shape index (κ3) is 4.72. The average molecular weight is 513 g/mol. The number of non-ortho nitro benzene ring substituents is 2. The Hall–Kier alpha value is -4.23. The van der Waals surface area contributed by atoms with Crippen molar-refractivity contribution < 1.29 is 24.2 Å². The van der Waals surface area contributed by atoms with Crippen LogP contribution in [-0.2, 0) is 4.74 Å². The fourth-order valence-corrected chi connectivity index (χ4v) is 5.58. The van der Waals surface area contributed by atoms with Crippen LogP contribution in [0.5, 0.6) is 0 Å². The van der Waals surface area contributed by atoms with Crippen molar-refractivity contribution in [3.63, 3.8) is 0 Å². The number of nitro benzene ring substituents is 2. The molecule has 0 bridgehead atoms. The number of rotatable bonds is 7. The van der Waals surface area contributed by atoms with Crippen LogP contribution in [0.2, 0.25) is 0 Å². The molecule has 2 aromatic carbocycles. The molecular formula is C22H16N4O7S2. The van der Waals surface area contributed by atoms with Gasteiger partial charge in [-0.05, 0) is 31.5 Å². The number of fused-ring (bicyclic) bond motifs is 1. The Morgan fingerprint density at radius 2 is 1.71 bits per heavy atom. The molecule has 0 aliphatic rings. The summed E-state index contributed by atoms with van der Waals surface area (Å²) in [5, 5.41) is 25.9. The molecule has 11 nitrogen and oxygen atoms in total. The largest absolute Gasteiger partial charge is 0.462 e. The summed E-state index contributed by atoms with van der Waals surface area (Å²) in [6.45, 7) is 3.54. The topological polar surface area (TPSA) is 155 Å². The minimum Gasteiger partial charge on any atom is -0.462 e. The second-order valence-electron chi connectivity index (χ2n) is 7.17. The first-order chi connectivity index (χ1) is 16.7. The van der Waals surface area contributed by atoms with E-state index in [4.69, 9.17) is 4.74 Å². The zero-order chi connectivity index (χ0) is 25.3. The lowest BCUT2D eigenvalue weighted by Gasteiger charge is -2.06. The fourth-order valence-electron chi connectivity index (χ4n) is 3.34. The SMILES string of the molecule is CCOC(=O)c1sc(NC(=O)c2cc([N+](=O)[O-])cc([N+](=O)[O-])c2)c(-c2nc3ccccc3s2)c1C. The quantitative estimate of drug-likeness (QED) is 0.191. The van der Waals surface area contributed by atoms with Gasteiger partial charge in [0.1, 0.15) is 14.9 Å². The number of benzene rings is 2. The number of aromatic nitrogens is 1. The molecule has 2 aromatic heterocycles. The molecular weight excluding hydrogens is 496 g/mol. The third-order valence-corrected chi connectivity index (χ3v) is 7.17. The maximum absolute atomic E-state index is 13.1. The number of nitrogens with zero attached hydrogens (tertiary/aromatic N) is 3. The molecule has 35 heavy (non-hydrogen) atoms. The number of para-hydroxylation sites is 1. The molecule has 0 saturated carbocycles. The van der Waals surface area contributed by atoms with Gasteiger partial charge in [-0.15, -0.1) is 22.7 Å². The predicted molar refractivity (Wildman–Crippen MR) is 131 cm³/mol. The number of thiazole rings is 1. The number of amides is 1. The number of nitrogens with one attached hydrogen (secondary N) is 1. The molecule has 0 fully saturated rings. The van der Waals surface area contributed by atoms with Gasteiger partial charge in [0.05, 0.1) is 38.3 Å². The van der Waals surface area contributed by atoms with Gasteiger partial charge in [0.25, 0.3) is 17.3 Å². The fraction of sp³-hybridized carbons (Fsp3) is 0.136. The van der Waals surface area contributed by atoms with Crippen LogP contribution in [-0.4, -0.2) is 33.3 Å². The number of thiophene rings is 1. The number of carbonyl (C=O) groups excluding carboxylic acids is 2. The molecule has 0 saturated heterocycles. The maximum atomic E-state index is 13.1. The van der Waals surface area contributed by atoms with Crippen LogP contribution >= 0.6 is 22.7 Å². The molecule has 0 aliphatic heterocycles. The molecule has 0 spiro atoms. The minimum absolute atomic E-state index is 0.158. The number of ether oxygens (including phenoxy) is 1. The van der Waals surface area contributed by atoms with Gasteiger partial charge in [0, 0.05) is 17.7 Å². The smallest absolute Gasteiger partial charge is 0.348 e. The Labute approximate surface area is 205 Å². The lowest BCUT2D eigenvalue weighted by Crippen LogP contribution is -2.12. The van der Waals surface area contributed by atoms with Gasteiger partial charge in [0.15, 0.2) is 0 Å². The lowest BCUT2D eigenvalue weighted by atomic mass is 10.1. The number of esters is 1. The number of hydrogen-bond acceptors (Lipinski definition) is 10. The van der Waals surface area contributed by atoms with Crippen LogP contribution in [0, 0.1) is 27.2 Å². The van der Waals surface area contributed by atoms with Crippen LogP contribution in [0.15, 0.2) is 42.5 Å². The van der Waals surface area contributed by atoms with E-state index in [-0.39, 0.29) is 22.0 Å². The van der Waals surface area contributed by atoms with Crippen LogP contribution in [0.3, 0.4) is 0 Å². The Morgan fingerprint density at radius 3 is 2.31 bits per heavy atom. The van der Waals surface area contributed by atoms with E-state index in [9.17, 15) is 29.8 Å². The third-order valence-electron chi connectivity index (χ3n) is 4.93. The van der Waals surface area contributed by atoms with Crippen molar-refractivity contribution in [3.8, 4) is 10.6 Å². The normalized spacial score (nSPS) is 10.8. The van der Waals surface area contributed by atoms with E-state index in [1.807, 2.05) is 24.3 Å². The van der Waals surface area contributed by atoms with E-state index in [0.29, 0.717) is 16.1 Å². The van der Waals surface area contributed by atoms with Crippen LogP contribution in [0.1, 0.15) is 32.5 Å². The summed E-state index contributed by atoms with van der Waals surface area (Å²) in [7, 11) is 0. The van der Waals surface area contributed by atoms with Gasteiger partial charge >= 0.3 is 5.97 Å². The first kappa shape index (κ1) is 23.9. The van der Waals surface area contributed by atoms with Crippen molar-refractivity contribution in [2.75, 3.05) is 11.9 Å². The summed E-state index contributed by atoms with van der Waals surface area (Å²) in [5.74, 6) is -1.38. The Balaban J connectivity index is 1.81. The number of anilines is 1. The minimum atomic E-state index is -0.815. The second-order valence-corrected chi connectivity index (χ2v) is 9.23. The highest BCUT2D eigenvalue weighted by atomic mass is 32.1. The zero-order valence-corrected chi connectivity index (χ0v) is 19.9. The van der Waals surface area contributed by atoms with Crippen LogP contribution in [0.25, 0.3) is 20.8 Å². The molecule has 1 N–H and O–H groups in total. The van der Waals surface area contributed by atoms with Crippen LogP contribution in [0.4, 0.5) is 16.4 Å². The molecule has 4 aromatic rings. The van der Waals surface area contributed by atoms with E-state index in [1.54, 1.807) is 13.8 Å². The van der Waals surface area contributed by atoms with Gasteiger partial charge in [-0.2, -0.15) is 0 Å². The summed E-state index contributed by atoms with van der Waals surface area (Å²) in [4.78, 5) is 51.3. The van der Waals surface area contributed by atoms with Crippen molar-refractivity contribution in [1.82, 2.24) is 4.98 Å². The zero-order valence-electron chi connectivity index (χ0n) is 18.3. The van der Waals surface area contributed by atoms with Crippen molar-refractivity contribution in [2.45, 2.75) is 13.8 Å². The predicted octanol–water partition coefficient (Wildman–Crippen LogP) is 5.58. The molecule has 0 radical (unpaired) electrons. The maximum Gasteiger partial charge on any atom is 0.348 e. The average Bonchev–Trinajstić information content (AvgIpc) is 3.39. The van der Waals surface area contributed by atoms with E-state index in [0.717, 1.165) is 39.8 Å². The van der Waals surface area contributed by atoms with Crippen LogP contribution < -0.4 is 5.32 Å². The number of carbonyl (C=O) groups is 2. The molecule has 0 atom stereocenters. The van der Waals surface area contributed by atoms with Gasteiger partial charge < -0.3 is 10.1 Å². The molecule has 4 rings (SSSR count). The summed E-state index contributed by atoms with van der Waals surface area (Å²) in [5.41, 5.74) is 0.336. The monoisotopic (exact) mass is 512 g/mol. The van der Waals surface area contributed by atoms with E-state index < -0.39 is 33.1 Å². The molecule has 13 heteroatoms. The van der Waals surface area contributed by atoms with Crippen molar-refractivity contribution in [2.24, 2.45) is 0 Å². The summed E-state index contributed by atoms with van der Waals surface area (Å²) in [6.07, 6.45) is 0. The molecule has 0 unspecified atom stereocenters. The van der Waals surface area contributed by atoms with E-state index in [1.165, 1.54) is 11.3 Å². The molecule has 2 heterocycles. The van der Waals surface area contributed by atoms with E-state index >= 15 is 0 Å². The molecule has 0 aliphatic carbocycles. The van der Waals surface area contributed by atoms with Crippen molar-refractivity contribution in [3.05, 3.63) is 78.7 Å². The number of nitro groups is 2. The number of hydrogen-bond donors (Lipinski definition) is 1. The lowest BCUT2D eigenvalue weighted by molar-refractivity contribution is -0.394. The highest BCUT2D eigenvalue weighted by Gasteiger charge is 2.27. The van der Waals surface area contributed by atoms with Gasteiger partial charge in [0.2, 0.25) is 0 Å².